The third-order valence-corrected chi connectivity index (χ3v) is 8.01. The maximum Gasteiger partial charge on any atom is 0.241 e. The van der Waals surface area contributed by atoms with Crippen molar-refractivity contribution in [2.45, 2.75) is 44.0 Å². The fourth-order valence-electron chi connectivity index (χ4n) is 4.65. The second-order valence-corrected chi connectivity index (χ2v) is 10.8. The number of carbonyl (C=O) groups excluding carboxylic acids is 1. The van der Waals surface area contributed by atoms with E-state index in [1.807, 2.05) is 61.2 Å². The molecule has 1 amide bonds. The molecular formula is C27H28N2O3S. The first-order chi connectivity index (χ1) is 15.8. The van der Waals surface area contributed by atoms with Crippen LogP contribution in [0.25, 0.3) is 0 Å². The van der Waals surface area contributed by atoms with E-state index >= 15 is 0 Å². The molecule has 0 radical (unpaired) electrons. The van der Waals surface area contributed by atoms with Crippen LogP contribution in [-0.2, 0) is 21.2 Å². The number of carbonyl (C=O) groups is 1. The maximum absolute atomic E-state index is 13.5. The fourth-order valence-corrected chi connectivity index (χ4v) is 5.91. The highest BCUT2D eigenvalue weighted by Gasteiger charge is 2.37. The third-order valence-electron chi connectivity index (χ3n) is 6.59. The van der Waals surface area contributed by atoms with E-state index in [0.29, 0.717) is 13.0 Å². The van der Waals surface area contributed by atoms with Crippen molar-refractivity contribution in [1.82, 2.24) is 4.72 Å². The summed E-state index contributed by atoms with van der Waals surface area (Å²) < 4.78 is 30.0. The first-order valence-corrected chi connectivity index (χ1v) is 12.9. The van der Waals surface area contributed by atoms with Crippen molar-refractivity contribution in [3.63, 3.8) is 0 Å². The predicted octanol–water partition coefficient (Wildman–Crippen LogP) is 4.67. The summed E-state index contributed by atoms with van der Waals surface area (Å²) in [4.78, 5) is 14.6. The van der Waals surface area contributed by atoms with Crippen molar-refractivity contribution in [3.05, 3.63) is 94.5 Å². The highest BCUT2D eigenvalue weighted by Crippen LogP contribution is 2.37. The number of hydrogen-bond donors (Lipinski definition) is 1. The molecule has 3 aromatic rings. The predicted molar refractivity (Wildman–Crippen MR) is 130 cm³/mol. The lowest BCUT2D eigenvalue weighted by molar-refractivity contribution is -0.119. The van der Waals surface area contributed by atoms with Crippen molar-refractivity contribution in [2.24, 2.45) is 5.92 Å². The molecule has 1 fully saturated rings. The summed E-state index contributed by atoms with van der Waals surface area (Å²) in [6.45, 7) is 4.66. The molecule has 170 valence electrons. The van der Waals surface area contributed by atoms with E-state index in [1.165, 1.54) is 0 Å². The van der Waals surface area contributed by atoms with E-state index in [1.54, 1.807) is 18.2 Å². The van der Waals surface area contributed by atoms with E-state index in [2.05, 4.69) is 10.8 Å². The number of anilines is 1. The Morgan fingerprint density at radius 2 is 1.76 bits per heavy atom. The van der Waals surface area contributed by atoms with Crippen LogP contribution in [0.5, 0.6) is 0 Å². The largest absolute Gasteiger partial charge is 0.312 e. The Kier molecular flexibility index (Phi) is 5.59. The molecule has 0 unspecified atom stereocenters. The van der Waals surface area contributed by atoms with Crippen LogP contribution < -0.4 is 9.62 Å². The highest BCUT2D eigenvalue weighted by atomic mass is 32.2. The molecule has 1 heterocycles. The van der Waals surface area contributed by atoms with Crippen molar-refractivity contribution in [3.8, 4) is 0 Å². The quantitative estimate of drug-likeness (QED) is 0.581. The second kappa shape index (κ2) is 8.43. The normalized spacial score (nSPS) is 16.5. The van der Waals surface area contributed by atoms with Gasteiger partial charge in [-0.25, -0.2) is 8.42 Å². The zero-order valence-electron chi connectivity index (χ0n) is 18.9. The Bertz CT molecular complexity index is 1310. The Morgan fingerprint density at radius 1 is 1.00 bits per heavy atom. The lowest BCUT2D eigenvalue weighted by atomic mass is 9.95. The van der Waals surface area contributed by atoms with Crippen LogP contribution in [0, 0.1) is 19.8 Å². The minimum absolute atomic E-state index is 0.144. The average molecular weight is 461 g/mol. The first kappa shape index (κ1) is 21.9. The van der Waals surface area contributed by atoms with Gasteiger partial charge in [0.05, 0.1) is 10.9 Å². The summed E-state index contributed by atoms with van der Waals surface area (Å²) in [6.07, 6.45) is 2.59. The van der Waals surface area contributed by atoms with E-state index in [9.17, 15) is 13.2 Å². The van der Waals surface area contributed by atoms with Crippen LogP contribution in [0.15, 0.2) is 71.6 Å². The van der Waals surface area contributed by atoms with Crippen LogP contribution in [0.2, 0.25) is 0 Å². The summed E-state index contributed by atoms with van der Waals surface area (Å²) in [5, 5.41) is 0. The smallest absolute Gasteiger partial charge is 0.241 e. The van der Waals surface area contributed by atoms with Gasteiger partial charge in [0, 0.05) is 18.2 Å². The molecule has 33 heavy (non-hydrogen) atoms. The number of benzene rings is 3. The van der Waals surface area contributed by atoms with E-state index in [-0.39, 0.29) is 16.7 Å². The van der Waals surface area contributed by atoms with Gasteiger partial charge in [-0.3, -0.25) is 4.79 Å². The zero-order chi connectivity index (χ0) is 23.2. The van der Waals surface area contributed by atoms with Crippen LogP contribution in [0.3, 0.4) is 0 Å². The van der Waals surface area contributed by atoms with Crippen molar-refractivity contribution < 1.29 is 13.2 Å². The molecule has 1 aliphatic carbocycles. The first-order valence-electron chi connectivity index (χ1n) is 11.4. The minimum Gasteiger partial charge on any atom is -0.312 e. The van der Waals surface area contributed by atoms with Crippen LogP contribution in [0.1, 0.15) is 46.7 Å². The van der Waals surface area contributed by atoms with Crippen molar-refractivity contribution in [2.75, 3.05) is 11.4 Å². The molecule has 0 spiro atoms. The number of sulfonamides is 1. The number of aryl methyl sites for hydroxylation is 2. The molecule has 0 bridgehead atoms. The summed E-state index contributed by atoms with van der Waals surface area (Å²) in [6, 6.07) is 20.3. The highest BCUT2D eigenvalue weighted by molar-refractivity contribution is 7.89. The molecule has 0 aromatic heterocycles. The molecule has 1 saturated carbocycles. The van der Waals surface area contributed by atoms with Gasteiger partial charge in [-0.1, -0.05) is 54.1 Å². The monoisotopic (exact) mass is 460 g/mol. The number of fused-ring (bicyclic) bond motifs is 1. The lowest BCUT2D eigenvalue weighted by Gasteiger charge is -2.22. The number of rotatable bonds is 6. The molecule has 6 heteroatoms. The Morgan fingerprint density at radius 3 is 2.45 bits per heavy atom. The number of amides is 1. The third kappa shape index (κ3) is 4.33. The molecule has 5 nitrogen and oxygen atoms in total. The van der Waals surface area contributed by atoms with Gasteiger partial charge >= 0.3 is 0 Å². The van der Waals surface area contributed by atoms with Gasteiger partial charge in [-0.15, -0.1) is 0 Å². The van der Waals surface area contributed by atoms with Gasteiger partial charge in [0.15, 0.2) is 0 Å². The summed E-state index contributed by atoms with van der Waals surface area (Å²) in [7, 11) is -3.80. The molecular weight excluding hydrogens is 432 g/mol. The Balaban J connectivity index is 1.48. The van der Waals surface area contributed by atoms with Gasteiger partial charge in [0.1, 0.15) is 0 Å². The van der Waals surface area contributed by atoms with Crippen LogP contribution in [0.4, 0.5) is 5.69 Å². The molecule has 1 aliphatic heterocycles. The summed E-state index contributed by atoms with van der Waals surface area (Å²) in [5.74, 6) is 0.312. The number of hydrogen-bond acceptors (Lipinski definition) is 3. The molecule has 1 N–H and O–H groups in total. The van der Waals surface area contributed by atoms with Gasteiger partial charge in [0.25, 0.3) is 0 Å². The number of nitrogens with one attached hydrogen (secondary N) is 1. The minimum atomic E-state index is -3.80. The van der Waals surface area contributed by atoms with Crippen molar-refractivity contribution >= 4 is 21.6 Å². The molecule has 5 rings (SSSR count). The van der Waals surface area contributed by atoms with E-state index < -0.39 is 16.1 Å². The summed E-state index contributed by atoms with van der Waals surface area (Å²) in [5.41, 5.74) is 5.74. The van der Waals surface area contributed by atoms with Crippen LogP contribution in [-0.4, -0.2) is 20.9 Å². The topological polar surface area (TPSA) is 66.5 Å². The van der Waals surface area contributed by atoms with E-state index in [4.69, 9.17) is 0 Å². The van der Waals surface area contributed by atoms with Crippen LogP contribution >= 0.6 is 0 Å². The second-order valence-electron chi connectivity index (χ2n) is 9.13. The van der Waals surface area contributed by atoms with Gasteiger partial charge < -0.3 is 4.90 Å². The zero-order valence-corrected chi connectivity index (χ0v) is 19.7. The standard InChI is InChI=1S/C27H28N2O3S/c1-18-8-12-24(19(2)16-18)26(20-6-4-3-5-7-20)28-33(31,32)23-11-13-25-22(17-23)14-15-29(25)27(30)21-9-10-21/h3-8,11-13,16-17,21,26,28H,9-10,14-15H2,1-2H3/t26-/m0/s1. The maximum atomic E-state index is 13.5. The van der Waals surface area contributed by atoms with Gasteiger partial charge in [0.2, 0.25) is 15.9 Å². The number of nitrogens with zero attached hydrogens (tertiary/aromatic N) is 1. The molecule has 0 saturated heterocycles. The Labute approximate surface area is 195 Å². The lowest BCUT2D eigenvalue weighted by Crippen LogP contribution is -2.30. The Hall–Kier alpha value is -2.96. The fraction of sp³-hybridized carbons (Fsp3) is 0.296. The van der Waals surface area contributed by atoms with E-state index in [0.717, 1.165) is 46.3 Å². The molecule has 2 aliphatic rings. The molecule has 3 aromatic carbocycles. The average Bonchev–Trinajstić information content (AvgIpc) is 3.57. The van der Waals surface area contributed by atoms with Gasteiger partial charge in [-0.2, -0.15) is 4.72 Å². The summed E-state index contributed by atoms with van der Waals surface area (Å²) >= 11 is 0. The van der Waals surface area contributed by atoms with Gasteiger partial charge in [-0.05, 0) is 73.6 Å². The SMILES string of the molecule is Cc1ccc([C@@H](NS(=O)(=O)c2ccc3c(c2)CCN3C(=O)C2CC2)c2ccccc2)c(C)c1. The van der Waals surface area contributed by atoms with Crippen molar-refractivity contribution in [1.29, 1.82) is 0 Å². The molecule has 1 atom stereocenters.